The molecule has 0 bridgehead atoms. The second-order valence-corrected chi connectivity index (χ2v) is 10.0. The predicted octanol–water partition coefficient (Wildman–Crippen LogP) is 3.86. The number of hydrogen-bond donors (Lipinski definition) is 1. The summed E-state index contributed by atoms with van der Waals surface area (Å²) in [5, 5.41) is 4.35. The van der Waals surface area contributed by atoms with Gasteiger partial charge in [0.15, 0.2) is 11.5 Å². The van der Waals surface area contributed by atoms with E-state index in [1.165, 1.54) is 37.4 Å². The number of amides is 1. The molecule has 11 heteroatoms. The van der Waals surface area contributed by atoms with E-state index in [2.05, 4.69) is 10.5 Å². The predicted molar refractivity (Wildman–Crippen MR) is 137 cm³/mol. The Morgan fingerprint density at radius 1 is 1.06 bits per heavy atom. The molecule has 1 aliphatic heterocycles. The monoisotopic (exact) mass is 529 g/mol. The standard InChI is InChI=1S/C25H24ClN3O6S/c1-17(18-8-10-23-24(14-18)35-13-12-34-23)27-28-25(30)16-29(19-9-11-22(33-2)21(26)15-19)36(31,32)20-6-4-3-5-7-20/h3-11,14-15H,12-13,16H2,1-2H3,(H,28,30)/b27-17-. The van der Waals surface area contributed by atoms with Crippen molar-refractivity contribution in [3.05, 3.63) is 77.3 Å². The summed E-state index contributed by atoms with van der Waals surface area (Å²) in [5.74, 6) is 0.970. The largest absolute Gasteiger partial charge is 0.495 e. The third-order valence-electron chi connectivity index (χ3n) is 5.35. The number of sulfonamides is 1. The molecule has 0 saturated carbocycles. The molecule has 0 unspecified atom stereocenters. The van der Waals surface area contributed by atoms with Crippen LogP contribution >= 0.6 is 11.6 Å². The van der Waals surface area contributed by atoms with E-state index in [9.17, 15) is 13.2 Å². The Labute approximate surface area is 214 Å². The van der Waals surface area contributed by atoms with Gasteiger partial charge >= 0.3 is 0 Å². The summed E-state index contributed by atoms with van der Waals surface area (Å²) in [5.41, 5.74) is 3.86. The lowest BCUT2D eigenvalue weighted by atomic mass is 10.1. The first-order valence-corrected chi connectivity index (χ1v) is 12.8. The molecule has 1 amide bonds. The van der Waals surface area contributed by atoms with Crippen LogP contribution in [0.3, 0.4) is 0 Å². The molecule has 1 N–H and O–H groups in total. The van der Waals surface area contributed by atoms with Crippen molar-refractivity contribution in [3.63, 3.8) is 0 Å². The van der Waals surface area contributed by atoms with Gasteiger partial charge in [-0.3, -0.25) is 9.10 Å². The number of nitrogens with one attached hydrogen (secondary N) is 1. The molecule has 0 saturated heterocycles. The minimum absolute atomic E-state index is 0.0284. The number of anilines is 1. The highest BCUT2D eigenvalue weighted by Crippen LogP contribution is 2.32. The van der Waals surface area contributed by atoms with Gasteiger partial charge in [0.25, 0.3) is 15.9 Å². The Balaban J connectivity index is 1.58. The van der Waals surface area contributed by atoms with Crippen LogP contribution in [0.4, 0.5) is 5.69 Å². The van der Waals surface area contributed by atoms with Crippen LogP contribution in [0.25, 0.3) is 0 Å². The molecule has 0 fully saturated rings. The van der Waals surface area contributed by atoms with Crippen molar-refractivity contribution >= 4 is 38.9 Å². The fourth-order valence-electron chi connectivity index (χ4n) is 3.49. The van der Waals surface area contributed by atoms with E-state index in [4.69, 9.17) is 25.8 Å². The lowest BCUT2D eigenvalue weighted by Gasteiger charge is -2.24. The second-order valence-electron chi connectivity index (χ2n) is 7.73. The van der Waals surface area contributed by atoms with Crippen molar-refractivity contribution in [3.8, 4) is 17.2 Å². The Kier molecular flexibility index (Phi) is 7.66. The summed E-state index contributed by atoms with van der Waals surface area (Å²) in [4.78, 5) is 12.9. The number of rotatable bonds is 8. The highest BCUT2D eigenvalue weighted by atomic mass is 35.5. The van der Waals surface area contributed by atoms with E-state index >= 15 is 0 Å². The Bertz CT molecular complexity index is 1400. The SMILES string of the molecule is COc1ccc(N(CC(=O)N/N=C(/C)c2ccc3c(c2)OCCO3)S(=O)(=O)c2ccccc2)cc1Cl. The van der Waals surface area contributed by atoms with E-state index in [1.54, 1.807) is 43.3 Å². The number of halogens is 1. The zero-order valence-corrected chi connectivity index (χ0v) is 21.2. The number of methoxy groups -OCH3 is 1. The van der Waals surface area contributed by atoms with Crippen LogP contribution in [0.2, 0.25) is 5.02 Å². The first-order valence-electron chi connectivity index (χ1n) is 10.9. The molecule has 0 spiro atoms. The molecule has 0 aromatic heterocycles. The zero-order valence-electron chi connectivity index (χ0n) is 19.6. The van der Waals surface area contributed by atoms with Gasteiger partial charge in [-0.05, 0) is 55.5 Å². The lowest BCUT2D eigenvalue weighted by molar-refractivity contribution is -0.119. The molecular formula is C25H24ClN3O6S. The third-order valence-corrected chi connectivity index (χ3v) is 7.43. The summed E-state index contributed by atoms with van der Waals surface area (Å²) in [6.07, 6.45) is 0. The van der Waals surface area contributed by atoms with Gasteiger partial charge in [0.1, 0.15) is 25.5 Å². The van der Waals surface area contributed by atoms with E-state index in [0.29, 0.717) is 36.2 Å². The normalized spacial score (nSPS) is 13.1. The molecule has 1 heterocycles. The molecule has 3 aromatic carbocycles. The van der Waals surface area contributed by atoms with Crippen LogP contribution in [-0.2, 0) is 14.8 Å². The second kappa shape index (κ2) is 10.9. The van der Waals surface area contributed by atoms with Gasteiger partial charge in [-0.2, -0.15) is 5.10 Å². The van der Waals surface area contributed by atoms with E-state index < -0.39 is 22.5 Å². The number of ether oxygens (including phenoxy) is 3. The molecule has 0 radical (unpaired) electrons. The van der Waals surface area contributed by atoms with Crippen LogP contribution in [0.1, 0.15) is 12.5 Å². The van der Waals surface area contributed by atoms with Crippen molar-refractivity contribution in [1.82, 2.24) is 5.43 Å². The van der Waals surface area contributed by atoms with Crippen molar-refractivity contribution in [2.24, 2.45) is 5.10 Å². The highest BCUT2D eigenvalue weighted by molar-refractivity contribution is 7.92. The minimum atomic E-state index is -4.09. The molecule has 188 valence electrons. The fourth-order valence-corrected chi connectivity index (χ4v) is 5.18. The molecule has 0 atom stereocenters. The maximum absolute atomic E-state index is 13.4. The van der Waals surface area contributed by atoms with Crippen LogP contribution in [0, 0.1) is 0 Å². The summed E-state index contributed by atoms with van der Waals surface area (Å²) in [6, 6.07) is 17.6. The quantitative estimate of drug-likeness (QED) is 0.351. The molecule has 1 aliphatic rings. The molecule has 36 heavy (non-hydrogen) atoms. The van der Waals surface area contributed by atoms with Crippen LogP contribution < -0.4 is 23.9 Å². The molecule has 9 nitrogen and oxygen atoms in total. The molecule has 3 aromatic rings. The van der Waals surface area contributed by atoms with Gasteiger partial charge in [0.05, 0.1) is 28.4 Å². The number of hydrazone groups is 1. The lowest BCUT2D eigenvalue weighted by Crippen LogP contribution is -2.39. The van der Waals surface area contributed by atoms with Crippen molar-refractivity contribution in [1.29, 1.82) is 0 Å². The number of nitrogens with zero attached hydrogens (tertiary/aromatic N) is 2. The number of carbonyl (C=O) groups excluding carboxylic acids is 1. The summed E-state index contributed by atoms with van der Waals surface area (Å²) in [6.45, 7) is 2.12. The Morgan fingerprint density at radius 2 is 1.78 bits per heavy atom. The Morgan fingerprint density at radius 3 is 2.47 bits per heavy atom. The maximum atomic E-state index is 13.4. The van der Waals surface area contributed by atoms with Crippen molar-refractivity contribution < 1.29 is 27.4 Å². The van der Waals surface area contributed by atoms with Gasteiger partial charge in [-0.15, -0.1) is 0 Å². The van der Waals surface area contributed by atoms with Gasteiger partial charge in [-0.25, -0.2) is 13.8 Å². The smallest absolute Gasteiger partial charge is 0.264 e. The van der Waals surface area contributed by atoms with E-state index in [0.717, 1.165) is 9.87 Å². The summed E-state index contributed by atoms with van der Waals surface area (Å²) in [7, 11) is -2.64. The molecule has 4 rings (SSSR count). The van der Waals surface area contributed by atoms with Crippen LogP contribution in [0.5, 0.6) is 17.2 Å². The number of fused-ring (bicyclic) bond motifs is 1. The topological polar surface area (TPSA) is 107 Å². The average Bonchev–Trinajstić information content (AvgIpc) is 2.90. The van der Waals surface area contributed by atoms with Crippen molar-refractivity contribution in [2.75, 3.05) is 31.2 Å². The summed E-state index contributed by atoms with van der Waals surface area (Å²) < 4.78 is 44.1. The van der Waals surface area contributed by atoms with Gasteiger partial charge in [-0.1, -0.05) is 29.8 Å². The fraction of sp³-hybridized carbons (Fsp3) is 0.200. The van der Waals surface area contributed by atoms with Gasteiger partial charge in [0, 0.05) is 5.56 Å². The zero-order chi connectivity index (χ0) is 25.7. The number of hydrogen-bond acceptors (Lipinski definition) is 7. The number of carbonyl (C=O) groups is 1. The first-order chi connectivity index (χ1) is 17.3. The van der Waals surface area contributed by atoms with E-state index in [-0.39, 0.29) is 15.6 Å². The van der Waals surface area contributed by atoms with E-state index in [1.807, 2.05) is 0 Å². The average molecular weight is 530 g/mol. The van der Waals surface area contributed by atoms with Gasteiger partial charge in [0.2, 0.25) is 0 Å². The highest BCUT2D eigenvalue weighted by Gasteiger charge is 2.27. The Hall–Kier alpha value is -3.76. The maximum Gasteiger partial charge on any atom is 0.264 e. The number of benzene rings is 3. The molecule has 0 aliphatic carbocycles. The third kappa shape index (κ3) is 5.55. The minimum Gasteiger partial charge on any atom is -0.495 e. The van der Waals surface area contributed by atoms with Crippen LogP contribution in [0.15, 0.2) is 76.7 Å². The first kappa shape index (κ1) is 25.3. The van der Waals surface area contributed by atoms with Crippen molar-refractivity contribution in [2.45, 2.75) is 11.8 Å². The molecular weight excluding hydrogens is 506 g/mol. The van der Waals surface area contributed by atoms with Gasteiger partial charge < -0.3 is 14.2 Å². The van der Waals surface area contributed by atoms with Crippen LogP contribution in [-0.4, -0.2) is 46.9 Å². The summed E-state index contributed by atoms with van der Waals surface area (Å²) >= 11 is 6.24.